The molecule has 1 atom stereocenters. The molecule has 2 heterocycles. The maximum absolute atomic E-state index is 9.33. The Morgan fingerprint density at radius 3 is 3.08 bits per heavy atom. The fourth-order valence-corrected chi connectivity index (χ4v) is 1.72. The van der Waals surface area contributed by atoms with E-state index in [0.717, 1.165) is 31.8 Å². The first kappa shape index (κ1) is 8.78. The van der Waals surface area contributed by atoms with Crippen molar-refractivity contribution in [2.45, 2.75) is 26.0 Å². The van der Waals surface area contributed by atoms with Crippen molar-refractivity contribution in [3.63, 3.8) is 0 Å². The monoisotopic (exact) mass is 181 g/mol. The van der Waals surface area contributed by atoms with Gasteiger partial charge in [-0.2, -0.15) is 0 Å². The van der Waals surface area contributed by atoms with E-state index in [-0.39, 0.29) is 6.10 Å². The molecule has 0 aromatic carbocycles. The third-order valence-corrected chi connectivity index (χ3v) is 2.58. The Morgan fingerprint density at radius 2 is 2.54 bits per heavy atom. The van der Waals surface area contributed by atoms with E-state index in [1.165, 1.54) is 5.56 Å². The zero-order valence-electron chi connectivity index (χ0n) is 7.86. The molecule has 0 unspecified atom stereocenters. The molecule has 0 spiro atoms. The number of likely N-dealkylation sites (tertiary alicyclic amines) is 1. The zero-order chi connectivity index (χ0) is 9.26. The second-order valence-corrected chi connectivity index (χ2v) is 3.70. The molecule has 2 rings (SSSR count). The minimum atomic E-state index is -0.143. The van der Waals surface area contributed by atoms with Gasteiger partial charge in [-0.3, -0.25) is 4.90 Å². The second kappa shape index (κ2) is 3.52. The van der Waals surface area contributed by atoms with Crippen LogP contribution in [0.5, 0.6) is 0 Å². The smallest absolute Gasteiger partial charge is 0.120 e. The Bertz CT molecular complexity index is 282. The summed E-state index contributed by atoms with van der Waals surface area (Å²) in [6.45, 7) is 4.63. The Balaban J connectivity index is 1.95. The topological polar surface area (TPSA) is 36.6 Å². The molecule has 13 heavy (non-hydrogen) atoms. The number of hydrogen-bond donors (Lipinski definition) is 1. The predicted octanol–water partition coefficient (Wildman–Crippen LogP) is 1.15. The lowest BCUT2D eigenvalue weighted by molar-refractivity contribution is 0.172. The molecule has 1 fully saturated rings. The molecule has 1 saturated heterocycles. The molecule has 3 nitrogen and oxygen atoms in total. The lowest BCUT2D eigenvalue weighted by Crippen LogP contribution is -2.21. The number of hydrogen-bond acceptors (Lipinski definition) is 3. The minimum absolute atomic E-state index is 0.143. The number of β-amino-alcohol motifs (C(OH)–C–C–N with tert-alkyl or cyclic N) is 1. The summed E-state index contributed by atoms with van der Waals surface area (Å²) in [7, 11) is 0. The van der Waals surface area contributed by atoms with E-state index < -0.39 is 0 Å². The quantitative estimate of drug-likeness (QED) is 0.743. The summed E-state index contributed by atoms with van der Waals surface area (Å²) in [5, 5.41) is 9.33. The Labute approximate surface area is 78.0 Å². The van der Waals surface area contributed by atoms with Crippen LogP contribution in [-0.4, -0.2) is 29.2 Å². The van der Waals surface area contributed by atoms with Crippen LogP contribution < -0.4 is 0 Å². The molecule has 0 aliphatic carbocycles. The Kier molecular flexibility index (Phi) is 2.38. The van der Waals surface area contributed by atoms with E-state index in [4.69, 9.17) is 4.42 Å². The highest BCUT2D eigenvalue weighted by atomic mass is 16.3. The molecule has 0 amide bonds. The van der Waals surface area contributed by atoms with Gasteiger partial charge in [-0.15, -0.1) is 0 Å². The van der Waals surface area contributed by atoms with Gasteiger partial charge in [0.05, 0.1) is 18.9 Å². The first-order chi connectivity index (χ1) is 6.25. The average molecular weight is 181 g/mol. The molecule has 1 aromatic heterocycles. The summed E-state index contributed by atoms with van der Waals surface area (Å²) in [5.41, 5.74) is 1.20. The molecule has 72 valence electrons. The van der Waals surface area contributed by atoms with Crippen LogP contribution in [0.15, 0.2) is 16.7 Å². The maximum atomic E-state index is 9.33. The van der Waals surface area contributed by atoms with Crippen molar-refractivity contribution in [1.29, 1.82) is 0 Å². The fraction of sp³-hybridized carbons (Fsp3) is 0.600. The average Bonchev–Trinajstić information content (AvgIpc) is 2.64. The van der Waals surface area contributed by atoms with Crippen molar-refractivity contribution in [3.8, 4) is 0 Å². The van der Waals surface area contributed by atoms with E-state index >= 15 is 0 Å². The van der Waals surface area contributed by atoms with Crippen LogP contribution in [-0.2, 0) is 6.54 Å². The van der Waals surface area contributed by atoms with E-state index in [0.29, 0.717) is 0 Å². The van der Waals surface area contributed by atoms with Crippen LogP contribution in [0.2, 0.25) is 0 Å². The van der Waals surface area contributed by atoms with E-state index in [1.807, 2.05) is 13.0 Å². The third kappa shape index (κ3) is 1.92. The molecule has 1 aromatic rings. The number of nitrogens with zero attached hydrogens (tertiary/aromatic N) is 1. The summed E-state index contributed by atoms with van der Waals surface area (Å²) in [5.74, 6) is 1.02. The number of aliphatic hydroxyl groups is 1. The van der Waals surface area contributed by atoms with Crippen molar-refractivity contribution < 1.29 is 9.52 Å². The summed E-state index contributed by atoms with van der Waals surface area (Å²) >= 11 is 0. The number of rotatable bonds is 2. The van der Waals surface area contributed by atoms with Gasteiger partial charge in [-0.05, 0) is 25.0 Å². The van der Waals surface area contributed by atoms with Crippen LogP contribution in [0, 0.1) is 6.92 Å². The van der Waals surface area contributed by atoms with Crippen molar-refractivity contribution in [2.75, 3.05) is 13.1 Å². The highest BCUT2D eigenvalue weighted by molar-refractivity contribution is 5.14. The number of furan rings is 1. The lowest BCUT2D eigenvalue weighted by atomic mass is 10.3. The van der Waals surface area contributed by atoms with Gasteiger partial charge in [0.1, 0.15) is 5.76 Å². The van der Waals surface area contributed by atoms with Crippen molar-refractivity contribution in [3.05, 3.63) is 23.7 Å². The maximum Gasteiger partial charge on any atom is 0.120 e. The predicted molar refractivity (Wildman–Crippen MR) is 49.3 cm³/mol. The number of aliphatic hydroxyl groups excluding tert-OH is 1. The highest BCUT2D eigenvalue weighted by Gasteiger charge is 2.21. The lowest BCUT2D eigenvalue weighted by Gasteiger charge is -2.12. The van der Waals surface area contributed by atoms with Crippen molar-refractivity contribution >= 4 is 0 Å². The Morgan fingerprint density at radius 1 is 1.69 bits per heavy atom. The van der Waals surface area contributed by atoms with Crippen molar-refractivity contribution in [2.24, 2.45) is 0 Å². The van der Waals surface area contributed by atoms with Gasteiger partial charge in [0.2, 0.25) is 0 Å². The van der Waals surface area contributed by atoms with Gasteiger partial charge < -0.3 is 9.52 Å². The highest BCUT2D eigenvalue weighted by Crippen LogP contribution is 2.16. The second-order valence-electron chi connectivity index (χ2n) is 3.70. The normalized spacial score (nSPS) is 24.0. The summed E-state index contributed by atoms with van der Waals surface area (Å²) in [6, 6.07) is 1.97. The Hall–Kier alpha value is -0.800. The molecular weight excluding hydrogens is 166 g/mol. The number of aryl methyl sites for hydroxylation is 1. The molecule has 0 radical (unpaired) electrons. The van der Waals surface area contributed by atoms with Gasteiger partial charge in [0, 0.05) is 13.1 Å². The standard InChI is InChI=1S/C10H15NO2/c1-8-3-5-13-10(8)7-11-4-2-9(12)6-11/h3,5,9,12H,2,4,6-7H2,1H3/t9-/m0/s1. The molecule has 0 bridgehead atoms. The first-order valence-electron chi connectivity index (χ1n) is 4.69. The van der Waals surface area contributed by atoms with Gasteiger partial charge in [0.25, 0.3) is 0 Å². The summed E-state index contributed by atoms with van der Waals surface area (Å²) in [4.78, 5) is 2.22. The third-order valence-electron chi connectivity index (χ3n) is 2.58. The van der Waals surface area contributed by atoms with Gasteiger partial charge >= 0.3 is 0 Å². The molecule has 1 aliphatic rings. The van der Waals surface area contributed by atoms with Crippen LogP contribution in [0.4, 0.5) is 0 Å². The summed E-state index contributed by atoms with van der Waals surface area (Å²) < 4.78 is 5.34. The fourth-order valence-electron chi connectivity index (χ4n) is 1.72. The largest absolute Gasteiger partial charge is 0.468 e. The molecule has 3 heteroatoms. The summed E-state index contributed by atoms with van der Waals surface area (Å²) in [6.07, 6.45) is 2.46. The van der Waals surface area contributed by atoms with Crippen LogP contribution in [0.1, 0.15) is 17.7 Å². The van der Waals surface area contributed by atoms with Gasteiger partial charge in [-0.1, -0.05) is 0 Å². The SMILES string of the molecule is Cc1ccoc1CN1CC[C@H](O)C1. The molecule has 1 aliphatic heterocycles. The van der Waals surface area contributed by atoms with Crippen molar-refractivity contribution in [1.82, 2.24) is 4.90 Å². The van der Waals surface area contributed by atoms with Gasteiger partial charge in [-0.25, -0.2) is 0 Å². The van der Waals surface area contributed by atoms with Crippen LogP contribution in [0.3, 0.4) is 0 Å². The van der Waals surface area contributed by atoms with Crippen LogP contribution >= 0.6 is 0 Å². The van der Waals surface area contributed by atoms with E-state index in [2.05, 4.69) is 4.90 Å². The van der Waals surface area contributed by atoms with E-state index in [9.17, 15) is 5.11 Å². The zero-order valence-corrected chi connectivity index (χ0v) is 7.86. The minimum Gasteiger partial charge on any atom is -0.468 e. The van der Waals surface area contributed by atoms with Crippen LogP contribution in [0.25, 0.3) is 0 Å². The molecular formula is C10H15NO2. The van der Waals surface area contributed by atoms with Gasteiger partial charge in [0.15, 0.2) is 0 Å². The van der Waals surface area contributed by atoms with E-state index in [1.54, 1.807) is 6.26 Å². The first-order valence-corrected chi connectivity index (χ1v) is 4.69. The molecule has 1 N–H and O–H groups in total. The molecule has 0 saturated carbocycles.